The minimum absolute atomic E-state index is 0.674. The fraction of sp³-hybridized carbons (Fsp3) is 0.300. The van der Waals surface area contributed by atoms with Crippen molar-refractivity contribution in [3.05, 3.63) is 26.8 Å². The van der Waals surface area contributed by atoms with E-state index in [1.54, 1.807) is 0 Å². The highest BCUT2D eigenvalue weighted by atomic mass is 127. The number of aliphatic imine (C=N–C) groups is 1. The van der Waals surface area contributed by atoms with Gasteiger partial charge in [-0.1, -0.05) is 18.5 Å². The van der Waals surface area contributed by atoms with E-state index in [2.05, 4.69) is 34.5 Å². The van der Waals surface area contributed by atoms with E-state index in [1.807, 2.05) is 18.2 Å². The molecule has 0 radical (unpaired) electrons. The van der Waals surface area contributed by atoms with Crippen LogP contribution in [0.15, 0.2) is 23.2 Å². The molecule has 0 spiro atoms. The highest BCUT2D eigenvalue weighted by Gasteiger charge is 1.99. The van der Waals surface area contributed by atoms with Gasteiger partial charge in [0.15, 0.2) is 0 Å². The molecule has 76 valence electrons. The van der Waals surface area contributed by atoms with Crippen LogP contribution in [0.5, 0.6) is 0 Å². The van der Waals surface area contributed by atoms with E-state index in [4.69, 9.17) is 17.3 Å². The molecule has 0 heterocycles. The molecule has 1 rings (SSSR count). The third-order valence-electron chi connectivity index (χ3n) is 1.68. The third-order valence-corrected chi connectivity index (χ3v) is 2.78. The highest BCUT2D eigenvalue weighted by molar-refractivity contribution is 14.1. The lowest BCUT2D eigenvalue weighted by molar-refractivity contribution is 0.983. The molecule has 1 aromatic carbocycles. The zero-order valence-corrected chi connectivity index (χ0v) is 10.8. The zero-order valence-electron chi connectivity index (χ0n) is 7.93. The fourth-order valence-electron chi connectivity index (χ4n) is 1.04. The molecule has 0 unspecified atom stereocenters. The molecular weight excluding hydrogens is 310 g/mol. The van der Waals surface area contributed by atoms with Crippen LogP contribution < -0.4 is 5.73 Å². The quantitative estimate of drug-likeness (QED) is 0.514. The number of nitrogens with two attached hydrogens (primary N) is 1. The Morgan fingerprint density at radius 3 is 2.86 bits per heavy atom. The van der Waals surface area contributed by atoms with Gasteiger partial charge in [0, 0.05) is 15.0 Å². The van der Waals surface area contributed by atoms with E-state index in [0.717, 1.165) is 27.1 Å². The van der Waals surface area contributed by atoms with Gasteiger partial charge in [-0.15, -0.1) is 0 Å². The average molecular weight is 323 g/mol. The third kappa shape index (κ3) is 3.46. The van der Waals surface area contributed by atoms with Crippen molar-refractivity contribution in [2.24, 2.45) is 10.7 Å². The molecule has 4 heteroatoms. The summed E-state index contributed by atoms with van der Waals surface area (Å²) in [6.45, 7) is 2.08. The smallest absolute Gasteiger partial charge is 0.0996 e. The second kappa shape index (κ2) is 5.56. The van der Waals surface area contributed by atoms with Crippen molar-refractivity contribution in [2.75, 3.05) is 0 Å². The number of benzene rings is 1. The van der Waals surface area contributed by atoms with Gasteiger partial charge in [-0.3, -0.25) is 0 Å². The molecule has 14 heavy (non-hydrogen) atoms. The minimum atomic E-state index is 0.674. The average Bonchev–Trinajstić information content (AvgIpc) is 2.10. The van der Waals surface area contributed by atoms with Crippen LogP contribution >= 0.6 is 34.2 Å². The van der Waals surface area contributed by atoms with Crippen LogP contribution in [-0.4, -0.2) is 5.84 Å². The number of halogens is 2. The van der Waals surface area contributed by atoms with E-state index in [-0.39, 0.29) is 0 Å². The molecule has 0 atom stereocenters. The first-order valence-electron chi connectivity index (χ1n) is 4.41. The van der Waals surface area contributed by atoms with Gasteiger partial charge >= 0.3 is 0 Å². The summed E-state index contributed by atoms with van der Waals surface area (Å²) in [6.07, 6.45) is 1.85. The number of hydrogen-bond donors (Lipinski definition) is 1. The SMILES string of the molecule is CCCC(N)=Nc1ccc(Cl)cc1I. The summed E-state index contributed by atoms with van der Waals surface area (Å²) >= 11 is 8.03. The Morgan fingerprint density at radius 1 is 1.57 bits per heavy atom. The molecule has 1 aromatic rings. The van der Waals surface area contributed by atoms with Crippen molar-refractivity contribution in [2.45, 2.75) is 19.8 Å². The van der Waals surface area contributed by atoms with E-state index in [1.165, 1.54) is 0 Å². The van der Waals surface area contributed by atoms with Crippen molar-refractivity contribution in [3.63, 3.8) is 0 Å². The number of rotatable bonds is 3. The summed E-state index contributed by atoms with van der Waals surface area (Å²) in [5.74, 6) is 0.674. The van der Waals surface area contributed by atoms with Gasteiger partial charge in [0.05, 0.1) is 11.5 Å². The molecule has 0 saturated heterocycles. The van der Waals surface area contributed by atoms with Crippen molar-refractivity contribution in [1.29, 1.82) is 0 Å². The predicted octanol–water partition coefficient (Wildman–Crippen LogP) is 3.73. The van der Waals surface area contributed by atoms with Crippen LogP contribution in [0, 0.1) is 3.57 Å². The van der Waals surface area contributed by atoms with E-state index < -0.39 is 0 Å². The first-order chi connectivity index (χ1) is 6.63. The van der Waals surface area contributed by atoms with E-state index in [0.29, 0.717) is 5.84 Å². The maximum Gasteiger partial charge on any atom is 0.0996 e. The lowest BCUT2D eigenvalue weighted by atomic mass is 10.3. The van der Waals surface area contributed by atoms with Gasteiger partial charge in [-0.2, -0.15) is 0 Å². The van der Waals surface area contributed by atoms with Crippen LogP contribution in [0.4, 0.5) is 5.69 Å². The van der Waals surface area contributed by atoms with Crippen LogP contribution in [0.2, 0.25) is 5.02 Å². The molecule has 0 saturated carbocycles. The monoisotopic (exact) mass is 322 g/mol. The van der Waals surface area contributed by atoms with Crippen molar-refractivity contribution in [3.8, 4) is 0 Å². The van der Waals surface area contributed by atoms with Gasteiger partial charge in [0.1, 0.15) is 0 Å². The van der Waals surface area contributed by atoms with Gasteiger partial charge in [0.2, 0.25) is 0 Å². The maximum absolute atomic E-state index is 5.83. The fourth-order valence-corrected chi connectivity index (χ4v) is 2.03. The summed E-state index contributed by atoms with van der Waals surface area (Å²) in [5.41, 5.74) is 6.63. The highest BCUT2D eigenvalue weighted by Crippen LogP contribution is 2.24. The van der Waals surface area contributed by atoms with Gasteiger partial charge in [-0.25, -0.2) is 4.99 Å². The minimum Gasteiger partial charge on any atom is -0.387 e. The molecule has 0 aliphatic carbocycles. The summed E-state index contributed by atoms with van der Waals surface area (Å²) in [7, 11) is 0. The molecule has 0 amide bonds. The molecule has 2 nitrogen and oxygen atoms in total. The Kier molecular flexibility index (Phi) is 4.68. The molecular formula is C10H12ClIN2. The lowest BCUT2D eigenvalue weighted by Gasteiger charge is -2.01. The van der Waals surface area contributed by atoms with Gasteiger partial charge in [-0.05, 0) is 47.2 Å². The summed E-state index contributed by atoms with van der Waals surface area (Å²) in [5, 5.41) is 0.724. The Labute approximate surface area is 103 Å². The summed E-state index contributed by atoms with van der Waals surface area (Å²) in [4.78, 5) is 4.32. The molecule has 0 fully saturated rings. The van der Waals surface area contributed by atoms with Crippen LogP contribution in [0.1, 0.15) is 19.8 Å². The van der Waals surface area contributed by atoms with Crippen molar-refractivity contribution < 1.29 is 0 Å². The topological polar surface area (TPSA) is 38.4 Å². The van der Waals surface area contributed by atoms with Gasteiger partial charge in [0.25, 0.3) is 0 Å². The zero-order chi connectivity index (χ0) is 10.6. The van der Waals surface area contributed by atoms with Crippen LogP contribution in [0.25, 0.3) is 0 Å². The number of amidine groups is 1. The number of hydrogen-bond acceptors (Lipinski definition) is 1. The molecule has 0 bridgehead atoms. The van der Waals surface area contributed by atoms with E-state index in [9.17, 15) is 0 Å². The molecule has 0 aliphatic rings. The van der Waals surface area contributed by atoms with Crippen molar-refractivity contribution >= 4 is 45.7 Å². The van der Waals surface area contributed by atoms with Crippen LogP contribution in [-0.2, 0) is 0 Å². The Morgan fingerprint density at radius 2 is 2.29 bits per heavy atom. The standard InChI is InChI=1S/C10H12ClIN2/c1-2-3-10(13)14-9-5-4-7(11)6-8(9)12/h4-6H,2-3H2,1H3,(H2,13,14). The molecule has 2 N–H and O–H groups in total. The normalized spacial score (nSPS) is 11.8. The molecule has 0 aliphatic heterocycles. The first-order valence-corrected chi connectivity index (χ1v) is 5.87. The second-order valence-electron chi connectivity index (χ2n) is 2.95. The summed E-state index contributed by atoms with van der Waals surface area (Å²) < 4.78 is 1.02. The summed E-state index contributed by atoms with van der Waals surface area (Å²) in [6, 6.07) is 5.58. The molecule has 0 aromatic heterocycles. The Bertz CT molecular complexity index is 350. The Hall–Kier alpha value is -0.290. The first kappa shape index (κ1) is 11.8. The number of nitrogens with zero attached hydrogens (tertiary/aromatic N) is 1. The second-order valence-corrected chi connectivity index (χ2v) is 4.55. The largest absolute Gasteiger partial charge is 0.387 e. The Balaban J connectivity index is 2.91. The van der Waals surface area contributed by atoms with E-state index >= 15 is 0 Å². The lowest BCUT2D eigenvalue weighted by Crippen LogP contribution is -2.10. The van der Waals surface area contributed by atoms with Crippen LogP contribution in [0.3, 0.4) is 0 Å². The predicted molar refractivity (Wildman–Crippen MR) is 70.4 cm³/mol. The van der Waals surface area contributed by atoms with Crippen molar-refractivity contribution in [1.82, 2.24) is 0 Å². The van der Waals surface area contributed by atoms with Gasteiger partial charge < -0.3 is 5.73 Å². The maximum atomic E-state index is 5.83.